The molecule has 2 fully saturated rings. The van der Waals surface area contributed by atoms with Crippen molar-refractivity contribution in [3.63, 3.8) is 0 Å². The van der Waals surface area contributed by atoms with Crippen LogP contribution in [0.25, 0.3) is 22.2 Å². The molecular formula is C31H36F3N3O5S. The second kappa shape index (κ2) is 12.4. The van der Waals surface area contributed by atoms with Crippen LogP contribution < -0.4 is 4.74 Å². The molecule has 3 aromatic rings. The summed E-state index contributed by atoms with van der Waals surface area (Å²) in [7, 11) is -1.22. The third kappa shape index (κ3) is 6.37. The summed E-state index contributed by atoms with van der Waals surface area (Å²) >= 11 is 0. The van der Waals surface area contributed by atoms with Crippen LogP contribution in [0, 0.1) is 0 Å². The molecule has 2 saturated heterocycles. The lowest BCUT2D eigenvalue weighted by molar-refractivity contribution is -0.137. The molecule has 0 amide bonds. The molecule has 0 spiro atoms. The summed E-state index contributed by atoms with van der Waals surface area (Å²) in [6.45, 7) is 5.40. The van der Waals surface area contributed by atoms with Crippen LogP contribution in [0.2, 0.25) is 0 Å². The second-order valence-corrected chi connectivity index (χ2v) is 13.3. The first kappa shape index (κ1) is 31.2. The molecule has 0 aliphatic carbocycles. The van der Waals surface area contributed by atoms with Crippen molar-refractivity contribution in [2.24, 2.45) is 0 Å². The summed E-state index contributed by atoms with van der Waals surface area (Å²) in [6, 6.07) is 8.10. The molecule has 232 valence electrons. The highest BCUT2D eigenvalue weighted by molar-refractivity contribution is 7.91. The molecule has 43 heavy (non-hydrogen) atoms. The summed E-state index contributed by atoms with van der Waals surface area (Å²) in [5, 5.41) is 0.234. The van der Waals surface area contributed by atoms with Crippen molar-refractivity contribution in [2.45, 2.75) is 56.3 Å². The van der Waals surface area contributed by atoms with Crippen LogP contribution in [0.15, 0.2) is 41.3 Å². The number of rotatable bonds is 8. The zero-order valence-corrected chi connectivity index (χ0v) is 25.4. The number of carbonyl (C=O) groups excluding carboxylic acids is 1. The fraction of sp³-hybridized carbons (Fsp3) is 0.484. The van der Waals surface area contributed by atoms with E-state index in [2.05, 4.69) is 9.80 Å². The maximum Gasteiger partial charge on any atom is 0.416 e. The van der Waals surface area contributed by atoms with Gasteiger partial charge in [-0.25, -0.2) is 18.2 Å². The number of hydrogen-bond acceptors (Lipinski definition) is 8. The van der Waals surface area contributed by atoms with Gasteiger partial charge in [0.05, 0.1) is 42.3 Å². The minimum Gasteiger partial charge on any atom is -0.495 e. The zero-order valence-electron chi connectivity index (χ0n) is 24.5. The van der Waals surface area contributed by atoms with Crippen molar-refractivity contribution in [3.05, 3.63) is 53.1 Å². The number of benzene rings is 2. The van der Waals surface area contributed by atoms with Crippen LogP contribution in [0.1, 0.15) is 54.1 Å². The highest BCUT2D eigenvalue weighted by Gasteiger charge is 2.33. The molecule has 0 unspecified atom stereocenters. The number of esters is 1. The molecule has 5 rings (SSSR count). The number of methoxy groups -OCH3 is 2. The Morgan fingerprint density at radius 3 is 2.35 bits per heavy atom. The fourth-order valence-corrected chi connectivity index (χ4v) is 7.27. The van der Waals surface area contributed by atoms with Gasteiger partial charge in [-0.2, -0.15) is 13.2 Å². The Kier molecular flexibility index (Phi) is 9.01. The van der Waals surface area contributed by atoms with Gasteiger partial charge in [0.1, 0.15) is 10.6 Å². The van der Waals surface area contributed by atoms with Gasteiger partial charge in [0, 0.05) is 35.2 Å². The number of hydrogen-bond donors (Lipinski definition) is 0. The number of pyridine rings is 1. The van der Waals surface area contributed by atoms with Gasteiger partial charge < -0.3 is 14.4 Å². The van der Waals surface area contributed by atoms with E-state index in [1.54, 1.807) is 0 Å². The van der Waals surface area contributed by atoms with E-state index in [0.29, 0.717) is 11.6 Å². The summed E-state index contributed by atoms with van der Waals surface area (Å²) in [5.74, 6) is -0.895. The Bertz CT molecular complexity index is 1610. The molecule has 12 heteroatoms. The van der Waals surface area contributed by atoms with Crippen LogP contribution in [0.3, 0.4) is 0 Å². The van der Waals surface area contributed by atoms with E-state index in [1.807, 2.05) is 0 Å². The van der Waals surface area contributed by atoms with Crippen LogP contribution in [-0.4, -0.2) is 81.4 Å². The van der Waals surface area contributed by atoms with Gasteiger partial charge in [-0.05, 0) is 70.1 Å². The molecule has 0 N–H and O–H groups in total. The Hall–Kier alpha value is -3.22. The smallest absolute Gasteiger partial charge is 0.416 e. The molecular weight excluding hydrogens is 583 g/mol. The van der Waals surface area contributed by atoms with E-state index in [-0.39, 0.29) is 50.7 Å². The van der Waals surface area contributed by atoms with Crippen LogP contribution >= 0.6 is 0 Å². The molecule has 0 bridgehead atoms. The van der Waals surface area contributed by atoms with Crippen molar-refractivity contribution in [3.8, 4) is 17.0 Å². The SMILES string of the molecule is CCS(=O)(=O)c1cc2c(C(=O)OC)c(CN3CCC(N4CCCC4)CC3)c(-c3cccc(C(F)(F)F)c3)nc2cc1OC. The molecule has 3 heterocycles. The minimum atomic E-state index is -4.58. The number of aromatic nitrogens is 1. The summed E-state index contributed by atoms with van der Waals surface area (Å²) in [5.41, 5.74) is 0.226. The van der Waals surface area contributed by atoms with Gasteiger partial charge in [-0.15, -0.1) is 0 Å². The van der Waals surface area contributed by atoms with Crippen molar-refractivity contribution in [2.75, 3.05) is 46.2 Å². The van der Waals surface area contributed by atoms with Gasteiger partial charge in [0.15, 0.2) is 9.84 Å². The molecule has 2 aromatic carbocycles. The lowest BCUT2D eigenvalue weighted by atomic mass is 9.94. The minimum absolute atomic E-state index is 0.0318. The highest BCUT2D eigenvalue weighted by Crippen LogP contribution is 2.39. The number of ether oxygens (including phenoxy) is 2. The Morgan fingerprint density at radius 2 is 1.74 bits per heavy atom. The zero-order chi connectivity index (χ0) is 30.9. The lowest BCUT2D eigenvalue weighted by Crippen LogP contribution is -2.43. The first-order chi connectivity index (χ1) is 20.5. The largest absolute Gasteiger partial charge is 0.495 e. The number of nitrogens with zero attached hydrogens (tertiary/aromatic N) is 3. The molecule has 8 nitrogen and oxygen atoms in total. The first-order valence-electron chi connectivity index (χ1n) is 14.5. The topological polar surface area (TPSA) is 89.0 Å². The number of likely N-dealkylation sites (tertiary alicyclic amines) is 2. The van der Waals surface area contributed by atoms with Crippen molar-refractivity contribution in [1.82, 2.24) is 14.8 Å². The maximum atomic E-state index is 13.7. The Labute approximate surface area is 249 Å². The Balaban J connectivity index is 1.70. The van der Waals surface area contributed by atoms with Crippen LogP contribution in [-0.2, 0) is 27.3 Å². The monoisotopic (exact) mass is 619 g/mol. The van der Waals surface area contributed by atoms with Gasteiger partial charge >= 0.3 is 12.1 Å². The van der Waals surface area contributed by atoms with E-state index >= 15 is 0 Å². The van der Waals surface area contributed by atoms with E-state index in [9.17, 15) is 26.4 Å². The van der Waals surface area contributed by atoms with Gasteiger partial charge in [0.2, 0.25) is 0 Å². The summed E-state index contributed by atoms with van der Waals surface area (Å²) in [4.78, 5) is 22.8. The van der Waals surface area contributed by atoms with Crippen molar-refractivity contribution in [1.29, 1.82) is 0 Å². The molecule has 0 saturated carbocycles. The van der Waals surface area contributed by atoms with E-state index in [0.717, 1.165) is 51.2 Å². The molecule has 2 aliphatic heterocycles. The van der Waals surface area contributed by atoms with Gasteiger partial charge in [-0.1, -0.05) is 19.1 Å². The van der Waals surface area contributed by atoms with Crippen LogP contribution in [0.5, 0.6) is 5.75 Å². The quantitative estimate of drug-likeness (QED) is 0.303. The number of piperidine rings is 1. The number of fused-ring (bicyclic) bond motifs is 1. The standard InChI is InChI=1S/C31H36F3N3O5S/c1-4-43(39,40)27-17-23-25(18-26(27)41-2)35-29(20-8-7-9-21(16-20)31(32,33)34)24(28(23)30(38)42-3)19-36-14-10-22(11-15-36)37-12-5-6-13-37/h7-9,16-18,22H,4-6,10-15,19H2,1-3H3. The lowest BCUT2D eigenvalue weighted by Gasteiger charge is -2.37. The average molecular weight is 620 g/mol. The maximum absolute atomic E-state index is 13.7. The Morgan fingerprint density at radius 1 is 1.05 bits per heavy atom. The number of carbonyl (C=O) groups is 1. The first-order valence-corrected chi connectivity index (χ1v) is 16.1. The van der Waals surface area contributed by atoms with Crippen LogP contribution in [0.4, 0.5) is 13.2 Å². The average Bonchev–Trinajstić information content (AvgIpc) is 3.55. The predicted octanol–water partition coefficient (Wildman–Crippen LogP) is 5.57. The predicted molar refractivity (Wildman–Crippen MR) is 157 cm³/mol. The fourth-order valence-electron chi connectivity index (χ4n) is 6.21. The second-order valence-electron chi connectivity index (χ2n) is 11.1. The third-order valence-electron chi connectivity index (χ3n) is 8.54. The molecule has 0 radical (unpaired) electrons. The van der Waals surface area contributed by atoms with E-state index < -0.39 is 27.5 Å². The molecule has 0 atom stereocenters. The van der Waals surface area contributed by atoms with Gasteiger partial charge in [-0.3, -0.25) is 4.90 Å². The number of alkyl halides is 3. The molecule has 2 aliphatic rings. The summed E-state index contributed by atoms with van der Waals surface area (Å²) in [6.07, 6.45) is -0.311. The third-order valence-corrected chi connectivity index (χ3v) is 10.3. The summed E-state index contributed by atoms with van der Waals surface area (Å²) < 4.78 is 77.8. The highest BCUT2D eigenvalue weighted by atomic mass is 32.2. The van der Waals surface area contributed by atoms with E-state index in [4.69, 9.17) is 14.5 Å². The molecule has 1 aromatic heterocycles. The normalized spacial score (nSPS) is 17.4. The van der Waals surface area contributed by atoms with E-state index in [1.165, 1.54) is 58.3 Å². The van der Waals surface area contributed by atoms with Crippen molar-refractivity contribution < 1.29 is 35.9 Å². The van der Waals surface area contributed by atoms with Crippen molar-refractivity contribution >= 4 is 26.7 Å². The van der Waals surface area contributed by atoms with Gasteiger partial charge in [0.25, 0.3) is 0 Å². The number of halogens is 3. The number of sulfone groups is 1.